The molecule has 5 nitrogen and oxygen atoms in total. The third-order valence-electron chi connectivity index (χ3n) is 3.16. The highest BCUT2D eigenvalue weighted by Gasteiger charge is 2.15. The normalized spacial score (nSPS) is 12.5. The molecule has 122 valence electrons. The van der Waals surface area contributed by atoms with Crippen molar-refractivity contribution in [2.75, 3.05) is 11.0 Å². The lowest BCUT2D eigenvalue weighted by molar-refractivity contribution is 0.0936. The van der Waals surface area contributed by atoms with Gasteiger partial charge in [0.2, 0.25) is 10.0 Å². The fraction of sp³-hybridized carbons (Fsp3) is 0.188. The molecule has 2 aromatic rings. The second kappa shape index (κ2) is 6.78. The van der Waals surface area contributed by atoms with Crippen LogP contribution in [-0.4, -0.2) is 20.6 Å². The van der Waals surface area contributed by atoms with Gasteiger partial charge in [-0.25, -0.2) is 12.8 Å². The summed E-state index contributed by atoms with van der Waals surface area (Å²) in [6, 6.07) is 11.9. The van der Waals surface area contributed by atoms with Gasteiger partial charge in [0.05, 0.1) is 17.9 Å². The molecular weight excluding hydrogens is 319 g/mol. The van der Waals surface area contributed by atoms with Crippen LogP contribution in [0.3, 0.4) is 0 Å². The zero-order valence-corrected chi connectivity index (χ0v) is 13.5. The lowest BCUT2D eigenvalue weighted by Gasteiger charge is -2.16. The van der Waals surface area contributed by atoms with Crippen molar-refractivity contribution in [2.45, 2.75) is 13.0 Å². The molecule has 23 heavy (non-hydrogen) atoms. The third kappa shape index (κ3) is 4.79. The largest absolute Gasteiger partial charge is 0.345 e. The van der Waals surface area contributed by atoms with Gasteiger partial charge in [0, 0.05) is 5.69 Å². The molecule has 2 rings (SSSR count). The van der Waals surface area contributed by atoms with Gasteiger partial charge < -0.3 is 5.32 Å². The molecule has 0 aliphatic heterocycles. The summed E-state index contributed by atoms with van der Waals surface area (Å²) in [5, 5.41) is 2.69. The van der Waals surface area contributed by atoms with Crippen LogP contribution in [0, 0.1) is 5.82 Å². The Morgan fingerprint density at radius 2 is 1.83 bits per heavy atom. The summed E-state index contributed by atoms with van der Waals surface area (Å²) in [5.41, 5.74) is 1.06. The third-order valence-corrected chi connectivity index (χ3v) is 3.76. The smallest absolute Gasteiger partial charge is 0.254 e. The molecule has 0 fully saturated rings. The topological polar surface area (TPSA) is 75.3 Å². The molecule has 0 bridgehead atoms. The van der Waals surface area contributed by atoms with Crippen molar-refractivity contribution in [3.8, 4) is 0 Å². The van der Waals surface area contributed by atoms with Gasteiger partial charge >= 0.3 is 0 Å². The highest BCUT2D eigenvalue weighted by atomic mass is 32.2. The number of anilines is 1. The van der Waals surface area contributed by atoms with Crippen LogP contribution in [0.2, 0.25) is 0 Å². The SMILES string of the molecule is C[C@@H](NC(=O)c1ccccc1F)c1cccc(NS(C)(=O)=O)c1. The molecule has 0 aliphatic rings. The minimum atomic E-state index is -3.38. The standard InChI is InChI=1S/C16H17FN2O3S/c1-11(18-16(20)14-8-3-4-9-15(14)17)12-6-5-7-13(10-12)19-23(2,21)22/h3-11,19H,1-2H3,(H,18,20)/t11-/m1/s1. The van der Waals surface area contributed by atoms with Crippen LogP contribution in [0.1, 0.15) is 28.9 Å². The van der Waals surface area contributed by atoms with E-state index in [4.69, 9.17) is 0 Å². The first-order chi connectivity index (χ1) is 10.8. The predicted molar refractivity (Wildman–Crippen MR) is 87.2 cm³/mol. The van der Waals surface area contributed by atoms with E-state index in [9.17, 15) is 17.6 Å². The van der Waals surface area contributed by atoms with E-state index >= 15 is 0 Å². The Morgan fingerprint density at radius 3 is 2.48 bits per heavy atom. The molecule has 2 aromatic carbocycles. The van der Waals surface area contributed by atoms with Gasteiger partial charge in [-0.2, -0.15) is 0 Å². The van der Waals surface area contributed by atoms with Crippen molar-refractivity contribution in [2.24, 2.45) is 0 Å². The molecule has 0 saturated carbocycles. The van der Waals surface area contributed by atoms with Gasteiger partial charge in [-0.1, -0.05) is 24.3 Å². The monoisotopic (exact) mass is 336 g/mol. The molecule has 0 aliphatic carbocycles. The number of nitrogens with one attached hydrogen (secondary N) is 2. The molecule has 2 N–H and O–H groups in total. The zero-order valence-electron chi connectivity index (χ0n) is 12.7. The van der Waals surface area contributed by atoms with E-state index in [0.29, 0.717) is 11.3 Å². The molecular formula is C16H17FN2O3S. The Hall–Kier alpha value is -2.41. The number of halogens is 1. The first kappa shape index (κ1) is 17.0. The second-order valence-electron chi connectivity index (χ2n) is 5.17. The summed E-state index contributed by atoms with van der Waals surface area (Å²) in [7, 11) is -3.38. The molecule has 0 unspecified atom stereocenters. The second-order valence-corrected chi connectivity index (χ2v) is 6.92. The average molecular weight is 336 g/mol. The molecule has 0 saturated heterocycles. The van der Waals surface area contributed by atoms with Crippen LogP contribution in [0.4, 0.5) is 10.1 Å². The van der Waals surface area contributed by atoms with Crippen LogP contribution < -0.4 is 10.0 Å². The summed E-state index contributed by atoms with van der Waals surface area (Å²) in [4.78, 5) is 12.1. The van der Waals surface area contributed by atoms with Crippen LogP contribution in [0.15, 0.2) is 48.5 Å². The average Bonchev–Trinajstić information content (AvgIpc) is 2.46. The highest BCUT2D eigenvalue weighted by molar-refractivity contribution is 7.92. The number of benzene rings is 2. The Kier molecular flexibility index (Phi) is 5.00. The fourth-order valence-corrected chi connectivity index (χ4v) is 2.64. The number of hydrogen-bond acceptors (Lipinski definition) is 3. The van der Waals surface area contributed by atoms with Gasteiger partial charge in [-0.05, 0) is 36.8 Å². The maximum Gasteiger partial charge on any atom is 0.254 e. The van der Waals surface area contributed by atoms with Crippen LogP contribution >= 0.6 is 0 Å². The van der Waals surface area contributed by atoms with Gasteiger partial charge in [0.1, 0.15) is 5.82 Å². The molecule has 0 radical (unpaired) electrons. The number of carbonyl (C=O) groups excluding carboxylic acids is 1. The van der Waals surface area contributed by atoms with E-state index in [2.05, 4.69) is 10.0 Å². The van der Waals surface area contributed by atoms with Crippen molar-refractivity contribution in [3.63, 3.8) is 0 Å². The Balaban J connectivity index is 2.15. The van der Waals surface area contributed by atoms with E-state index in [1.807, 2.05) is 0 Å². The Bertz CT molecular complexity index is 822. The van der Waals surface area contributed by atoms with E-state index in [1.54, 1.807) is 37.3 Å². The number of sulfonamides is 1. The molecule has 1 atom stereocenters. The lowest BCUT2D eigenvalue weighted by atomic mass is 10.1. The van der Waals surface area contributed by atoms with Gasteiger partial charge in [-0.3, -0.25) is 9.52 Å². The van der Waals surface area contributed by atoms with Crippen LogP contribution in [-0.2, 0) is 10.0 Å². The first-order valence-corrected chi connectivity index (χ1v) is 8.78. The van der Waals surface area contributed by atoms with E-state index in [-0.39, 0.29) is 5.56 Å². The van der Waals surface area contributed by atoms with Crippen molar-refractivity contribution in [1.82, 2.24) is 5.32 Å². The summed E-state index contributed by atoms with van der Waals surface area (Å²) in [5.74, 6) is -1.12. The summed E-state index contributed by atoms with van der Waals surface area (Å²) >= 11 is 0. The molecule has 0 spiro atoms. The first-order valence-electron chi connectivity index (χ1n) is 6.89. The van der Waals surface area contributed by atoms with Crippen LogP contribution in [0.25, 0.3) is 0 Å². The maximum absolute atomic E-state index is 13.6. The quantitative estimate of drug-likeness (QED) is 0.881. The molecule has 0 aromatic heterocycles. The Labute approximate surface area is 134 Å². The Morgan fingerprint density at radius 1 is 1.13 bits per heavy atom. The van der Waals surface area contributed by atoms with E-state index in [0.717, 1.165) is 6.26 Å². The number of rotatable bonds is 5. The van der Waals surface area contributed by atoms with Crippen molar-refractivity contribution in [3.05, 3.63) is 65.5 Å². The van der Waals surface area contributed by atoms with Gasteiger partial charge in [0.25, 0.3) is 5.91 Å². The van der Waals surface area contributed by atoms with Crippen molar-refractivity contribution < 1.29 is 17.6 Å². The van der Waals surface area contributed by atoms with Gasteiger partial charge in [-0.15, -0.1) is 0 Å². The molecule has 1 amide bonds. The van der Waals surface area contributed by atoms with Gasteiger partial charge in [0.15, 0.2) is 0 Å². The highest BCUT2D eigenvalue weighted by Crippen LogP contribution is 2.19. The molecule has 7 heteroatoms. The fourth-order valence-electron chi connectivity index (χ4n) is 2.09. The minimum absolute atomic E-state index is 0.0373. The number of carbonyl (C=O) groups is 1. The summed E-state index contributed by atoms with van der Waals surface area (Å²) in [6.07, 6.45) is 1.06. The molecule has 0 heterocycles. The number of amides is 1. The predicted octanol–water partition coefficient (Wildman–Crippen LogP) is 2.69. The minimum Gasteiger partial charge on any atom is -0.345 e. The van der Waals surface area contributed by atoms with Crippen molar-refractivity contribution in [1.29, 1.82) is 0 Å². The summed E-state index contributed by atoms with van der Waals surface area (Å²) < 4.78 is 38.5. The van der Waals surface area contributed by atoms with Crippen molar-refractivity contribution >= 4 is 21.6 Å². The zero-order chi connectivity index (χ0) is 17.0. The summed E-state index contributed by atoms with van der Waals surface area (Å²) in [6.45, 7) is 1.73. The van der Waals surface area contributed by atoms with Crippen LogP contribution in [0.5, 0.6) is 0 Å². The van der Waals surface area contributed by atoms with E-state index in [1.165, 1.54) is 18.2 Å². The number of hydrogen-bond donors (Lipinski definition) is 2. The maximum atomic E-state index is 13.6. The van der Waals surface area contributed by atoms with E-state index < -0.39 is 27.8 Å². The lowest BCUT2D eigenvalue weighted by Crippen LogP contribution is -2.27.